The van der Waals surface area contributed by atoms with Gasteiger partial charge in [-0.2, -0.15) is 0 Å². The fourth-order valence-electron chi connectivity index (χ4n) is 3.94. The summed E-state index contributed by atoms with van der Waals surface area (Å²) in [4.78, 5) is 16.8. The zero-order valence-electron chi connectivity index (χ0n) is 20.9. The predicted molar refractivity (Wildman–Crippen MR) is 128 cm³/mol. The van der Waals surface area contributed by atoms with Crippen LogP contribution in [0.25, 0.3) is 22.3 Å². The number of hydrogen-bond acceptors (Lipinski definition) is 6. The van der Waals surface area contributed by atoms with Crippen LogP contribution in [0.3, 0.4) is 0 Å². The largest absolute Gasteiger partial charge is 0.573 e. The second-order valence-electron chi connectivity index (χ2n) is 8.23. The molecule has 0 aliphatic rings. The smallest absolute Gasteiger partial charge is 0.496 e. The van der Waals surface area contributed by atoms with Crippen LogP contribution in [0, 0.1) is 13.8 Å². The van der Waals surface area contributed by atoms with E-state index < -0.39 is 12.5 Å². The summed E-state index contributed by atoms with van der Waals surface area (Å²) in [5.74, 6) is -0.163. The molecule has 0 aliphatic heterocycles. The lowest BCUT2D eigenvalue weighted by atomic mass is 10.0. The molecule has 1 amide bonds. The molecule has 0 saturated carbocycles. The molecule has 36 heavy (non-hydrogen) atoms. The van der Waals surface area contributed by atoms with E-state index in [0.29, 0.717) is 30.8 Å². The SMILES string of the molecule is CCC(COC(=O)NCCOC)n1cc(C)c2nc(-c3ccc(OC(F)(F)F)cc3OC)c(C)cc21. The zero-order chi connectivity index (χ0) is 26.5. The van der Waals surface area contributed by atoms with Crippen LogP contribution in [0.5, 0.6) is 11.5 Å². The van der Waals surface area contributed by atoms with Gasteiger partial charge in [-0.25, -0.2) is 9.78 Å². The van der Waals surface area contributed by atoms with Gasteiger partial charge in [-0.1, -0.05) is 6.92 Å². The van der Waals surface area contributed by atoms with Crippen molar-refractivity contribution in [1.29, 1.82) is 0 Å². The lowest BCUT2D eigenvalue weighted by molar-refractivity contribution is -0.274. The van der Waals surface area contributed by atoms with Gasteiger partial charge in [-0.05, 0) is 49.6 Å². The van der Waals surface area contributed by atoms with E-state index in [1.165, 1.54) is 25.3 Å². The van der Waals surface area contributed by atoms with Gasteiger partial charge in [0.05, 0.1) is 36.5 Å². The van der Waals surface area contributed by atoms with E-state index in [4.69, 9.17) is 19.2 Å². The molecule has 2 heterocycles. The van der Waals surface area contributed by atoms with Gasteiger partial charge in [0.1, 0.15) is 18.1 Å². The first-order valence-electron chi connectivity index (χ1n) is 11.4. The molecule has 3 aromatic rings. The lowest BCUT2D eigenvalue weighted by Crippen LogP contribution is -2.29. The maximum atomic E-state index is 12.6. The summed E-state index contributed by atoms with van der Waals surface area (Å²) in [6.07, 6.45) is -2.65. The first-order valence-corrected chi connectivity index (χ1v) is 11.4. The summed E-state index contributed by atoms with van der Waals surface area (Å²) in [7, 11) is 2.93. The number of amides is 1. The van der Waals surface area contributed by atoms with Gasteiger partial charge in [0, 0.05) is 31.5 Å². The number of nitrogens with zero attached hydrogens (tertiary/aromatic N) is 2. The van der Waals surface area contributed by atoms with E-state index in [1.807, 2.05) is 37.6 Å². The molecule has 2 aromatic heterocycles. The third-order valence-electron chi connectivity index (χ3n) is 5.69. The highest BCUT2D eigenvalue weighted by molar-refractivity contribution is 5.85. The number of benzene rings is 1. The van der Waals surface area contributed by atoms with Gasteiger partial charge in [0.15, 0.2) is 0 Å². The van der Waals surface area contributed by atoms with Crippen LogP contribution in [-0.2, 0) is 9.47 Å². The lowest BCUT2D eigenvalue weighted by Gasteiger charge is -2.19. The number of alkyl carbamates (subject to hydrolysis) is 1. The number of alkyl halides is 3. The Morgan fingerprint density at radius 3 is 2.56 bits per heavy atom. The van der Waals surface area contributed by atoms with Crippen molar-refractivity contribution < 1.29 is 36.9 Å². The Labute approximate surface area is 207 Å². The van der Waals surface area contributed by atoms with Gasteiger partial charge >= 0.3 is 12.5 Å². The molecular formula is C25H30F3N3O5. The van der Waals surface area contributed by atoms with Crippen LogP contribution in [0.1, 0.15) is 30.5 Å². The van der Waals surface area contributed by atoms with Crippen molar-refractivity contribution in [3.63, 3.8) is 0 Å². The second kappa shape index (κ2) is 11.5. The zero-order valence-corrected chi connectivity index (χ0v) is 20.9. The van der Waals surface area contributed by atoms with Crippen LogP contribution < -0.4 is 14.8 Å². The summed E-state index contributed by atoms with van der Waals surface area (Å²) in [5.41, 5.74) is 4.43. The monoisotopic (exact) mass is 509 g/mol. The molecule has 1 N–H and O–H groups in total. The maximum absolute atomic E-state index is 12.6. The molecule has 1 atom stereocenters. The van der Waals surface area contributed by atoms with Crippen LogP contribution in [-0.4, -0.2) is 56.0 Å². The first-order chi connectivity index (χ1) is 17.1. The highest BCUT2D eigenvalue weighted by atomic mass is 19.4. The molecule has 1 aromatic carbocycles. The number of aryl methyl sites for hydroxylation is 2. The van der Waals surface area contributed by atoms with Crippen molar-refractivity contribution in [3.05, 3.63) is 41.6 Å². The van der Waals surface area contributed by atoms with Gasteiger partial charge in [-0.15, -0.1) is 13.2 Å². The topological polar surface area (TPSA) is 83.8 Å². The molecule has 196 valence electrons. The summed E-state index contributed by atoms with van der Waals surface area (Å²) >= 11 is 0. The molecule has 0 spiro atoms. The highest BCUT2D eigenvalue weighted by Crippen LogP contribution is 2.37. The van der Waals surface area contributed by atoms with Crippen molar-refractivity contribution in [2.75, 3.05) is 34.0 Å². The van der Waals surface area contributed by atoms with E-state index in [2.05, 4.69) is 10.1 Å². The predicted octanol–water partition coefficient (Wildman–Crippen LogP) is 5.55. The highest BCUT2D eigenvalue weighted by Gasteiger charge is 2.31. The minimum atomic E-state index is -4.80. The third-order valence-corrected chi connectivity index (χ3v) is 5.69. The first kappa shape index (κ1) is 27.1. The Kier molecular flexibility index (Phi) is 8.67. The van der Waals surface area contributed by atoms with Crippen molar-refractivity contribution in [1.82, 2.24) is 14.9 Å². The van der Waals surface area contributed by atoms with Gasteiger partial charge in [0.2, 0.25) is 0 Å². The van der Waals surface area contributed by atoms with Crippen LogP contribution >= 0.6 is 0 Å². The van der Waals surface area contributed by atoms with Gasteiger partial charge < -0.3 is 28.8 Å². The van der Waals surface area contributed by atoms with Crippen LogP contribution in [0.15, 0.2) is 30.5 Å². The number of carbonyl (C=O) groups is 1. The Morgan fingerprint density at radius 2 is 1.92 bits per heavy atom. The average Bonchev–Trinajstić information content (AvgIpc) is 3.13. The number of fused-ring (bicyclic) bond motifs is 1. The molecule has 0 fully saturated rings. The van der Waals surface area contributed by atoms with Gasteiger partial charge in [-0.3, -0.25) is 0 Å². The number of rotatable bonds is 10. The molecule has 8 nitrogen and oxygen atoms in total. The summed E-state index contributed by atoms with van der Waals surface area (Å²) < 4.78 is 59.6. The third kappa shape index (κ3) is 6.39. The summed E-state index contributed by atoms with van der Waals surface area (Å²) in [5, 5.41) is 2.63. The average molecular weight is 510 g/mol. The van der Waals surface area contributed by atoms with E-state index >= 15 is 0 Å². The molecule has 0 bridgehead atoms. The number of carbonyl (C=O) groups excluding carboxylic acids is 1. The number of methoxy groups -OCH3 is 2. The molecule has 3 rings (SSSR count). The van der Waals surface area contributed by atoms with Crippen LogP contribution in [0.4, 0.5) is 18.0 Å². The van der Waals surface area contributed by atoms with Crippen molar-refractivity contribution in [3.8, 4) is 22.8 Å². The van der Waals surface area contributed by atoms with E-state index in [0.717, 1.165) is 22.2 Å². The maximum Gasteiger partial charge on any atom is 0.573 e. The Hall–Kier alpha value is -3.47. The number of halogens is 3. The molecular weight excluding hydrogens is 479 g/mol. The van der Waals surface area contributed by atoms with Crippen molar-refractivity contribution in [2.45, 2.75) is 39.6 Å². The Morgan fingerprint density at radius 1 is 1.17 bits per heavy atom. The number of pyridine rings is 1. The molecule has 11 heteroatoms. The Bertz CT molecular complexity index is 1210. The van der Waals surface area contributed by atoms with E-state index in [1.54, 1.807) is 7.11 Å². The minimum Gasteiger partial charge on any atom is -0.496 e. The van der Waals surface area contributed by atoms with Crippen molar-refractivity contribution >= 4 is 17.1 Å². The van der Waals surface area contributed by atoms with Gasteiger partial charge in [0.25, 0.3) is 0 Å². The molecule has 0 aliphatic carbocycles. The summed E-state index contributed by atoms with van der Waals surface area (Å²) in [6.45, 7) is 6.72. The standard InChI is InChI=1S/C25H30F3N3O5/c1-6-17(14-35-24(32)29-9-10-33-4)31-13-16(3)23-20(31)11-15(2)22(30-23)19-8-7-18(12-21(19)34-5)36-25(26,27)28/h7-8,11-13,17H,6,9-10,14H2,1-5H3,(H,29,32). The Balaban J connectivity index is 1.92. The van der Waals surface area contributed by atoms with Crippen molar-refractivity contribution in [2.24, 2.45) is 0 Å². The normalized spacial score (nSPS) is 12.4. The van der Waals surface area contributed by atoms with E-state index in [9.17, 15) is 18.0 Å². The summed E-state index contributed by atoms with van der Waals surface area (Å²) in [6, 6.07) is 5.77. The fraction of sp³-hybridized carbons (Fsp3) is 0.440. The molecule has 1 unspecified atom stereocenters. The fourth-order valence-corrected chi connectivity index (χ4v) is 3.94. The number of hydrogen-bond donors (Lipinski definition) is 1. The van der Waals surface area contributed by atoms with E-state index in [-0.39, 0.29) is 24.1 Å². The number of ether oxygens (including phenoxy) is 4. The molecule has 0 saturated heterocycles. The number of nitrogens with one attached hydrogen (secondary N) is 1. The minimum absolute atomic E-state index is 0.116. The van der Waals surface area contributed by atoms with Crippen LogP contribution in [0.2, 0.25) is 0 Å². The number of aromatic nitrogens is 2. The quantitative estimate of drug-likeness (QED) is 0.361. The second-order valence-corrected chi connectivity index (χ2v) is 8.23. The molecule has 0 radical (unpaired) electrons.